The summed E-state index contributed by atoms with van der Waals surface area (Å²) in [6.07, 6.45) is 1.83. The van der Waals surface area contributed by atoms with Gasteiger partial charge in [-0.1, -0.05) is 11.1 Å². The van der Waals surface area contributed by atoms with Crippen molar-refractivity contribution >= 4 is 29.5 Å². The van der Waals surface area contributed by atoms with Crippen molar-refractivity contribution in [3.8, 4) is 11.4 Å². The fourth-order valence-electron chi connectivity index (χ4n) is 3.96. The summed E-state index contributed by atoms with van der Waals surface area (Å²) in [6, 6.07) is 3.61. The number of hydrogen-bond donors (Lipinski definition) is 0. The zero-order valence-corrected chi connectivity index (χ0v) is 17.8. The van der Waals surface area contributed by atoms with Crippen molar-refractivity contribution in [3.63, 3.8) is 0 Å². The highest BCUT2D eigenvalue weighted by Gasteiger charge is 2.54. The van der Waals surface area contributed by atoms with E-state index in [0.29, 0.717) is 17.5 Å². The molecule has 2 atom stereocenters. The number of ether oxygens (including phenoxy) is 1. The largest absolute Gasteiger partial charge is 0.493 e. The van der Waals surface area contributed by atoms with Gasteiger partial charge in [0.2, 0.25) is 11.9 Å². The van der Waals surface area contributed by atoms with Crippen molar-refractivity contribution in [1.82, 2.24) is 14.4 Å². The number of fused-ring (bicyclic) bond motifs is 3. The Morgan fingerprint density at radius 2 is 1.97 bits per heavy atom. The molecular formula is C21H24N5O4+. The fourth-order valence-corrected chi connectivity index (χ4v) is 3.96. The number of nitrogens with zero attached hydrogens (tertiary/aromatic N) is 5. The maximum absolute atomic E-state index is 13.3. The highest BCUT2D eigenvalue weighted by atomic mass is 16.5. The van der Waals surface area contributed by atoms with Crippen molar-refractivity contribution in [2.24, 2.45) is 4.99 Å². The van der Waals surface area contributed by atoms with Gasteiger partial charge in [-0.2, -0.15) is 4.57 Å². The van der Waals surface area contributed by atoms with E-state index < -0.39 is 24.0 Å². The molecular weight excluding hydrogens is 386 g/mol. The van der Waals surface area contributed by atoms with Gasteiger partial charge in [0.05, 0.1) is 13.2 Å². The number of likely N-dealkylation sites (N-methyl/N-ethyl adjacent to an activating group) is 1. The fraction of sp³-hybridized carbons (Fsp3) is 0.381. The van der Waals surface area contributed by atoms with E-state index in [9.17, 15) is 14.4 Å². The van der Waals surface area contributed by atoms with Crippen LogP contribution in [0, 0.1) is 13.8 Å². The van der Waals surface area contributed by atoms with E-state index in [0.717, 1.165) is 21.8 Å². The molecule has 1 aromatic heterocycles. The van der Waals surface area contributed by atoms with E-state index in [4.69, 9.17) is 4.74 Å². The average molecular weight is 410 g/mol. The molecule has 0 radical (unpaired) electrons. The predicted octanol–water partition coefficient (Wildman–Crippen LogP) is 1.85. The minimum Gasteiger partial charge on any atom is -0.493 e. The first-order valence-electron chi connectivity index (χ1n) is 9.65. The minimum absolute atomic E-state index is 0.257. The number of imidazole rings is 1. The smallest absolute Gasteiger partial charge is 0.407 e. The molecule has 0 saturated carbocycles. The van der Waals surface area contributed by atoms with Gasteiger partial charge in [0, 0.05) is 7.05 Å². The van der Waals surface area contributed by atoms with Gasteiger partial charge in [0.25, 0.3) is 5.91 Å². The maximum Gasteiger partial charge on any atom is 0.407 e. The van der Waals surface area contributed by atoms with E-state index in [-0.39, 0.29) is 5.78 Å². The Morgan fingerprint density at radius 3 is 2.60 bits per heavy atom. The van der Waals surface area contributed by atoms with Crippen molar-refractivity contribution in [3.05, 3.63) is 35.7 Å². The Bertz CT molecular complexity index is 1130. The normalized spacial score (nSPS) is 18.9. The lowest BCUT2D eigenvalue weighted by molar-refractivity contribution is -0.676. The summed E-state index contributed by atoms with van der Waals surface area (Å²) in [7, 11) is 3.17. The number of aromatic nitrogens is 2. The summed E-state index contributed by atoms with van der Waals surface area (Å²) >= 11 is 0. The number of ketones is 1. The number of Topliss-reactive ketones (excluding diaryl/α,β-unsaturated/α-hetero) is 1. The van der Waals surface area contributed by atoms with Crippen LogP contribution in [0.4, 0.5) is 10.7 Å². The Labute approximate surface area is 174 Å². The number of amidine groups is 1. The maximum atomic E-state index is 13.3. The molecule has 0 bridgehead atoms. The summed E-state index contributed by atoms with van der Waals surface area (Å²) in [5, 5.41) is 0. The zero-order chi connectivity index (χ0) is 21.9. The first kappa shape index (κ1) is 19.8. The van der Waals surface area contributed by atoms with E-state index in [1.807, 2.05) is 42.8 Å². The Morgan fingerprint density at radius 1 is 1.27 bits per heavy atom. The lowest BCUT2D eigenvalue weighted by Crippen LogP contribution is -2.65. The van der Waals surface area contributed by atoms with Gasteiger partial charge in [-0.15, -0.1) is 0 Å². The number of hydrogen-bond acceptors (Lipinski definition) is 5. The third kappa shape index (κ3) is 2.65. The molecule has 0 aliphatic carbocycles. The number of benzene rings is 1. The second-order valence-electron chi connectivity index (χ2n) is 7.70. The summed E-state index contributed by atoms with van der Waals surface area (Å²) in [6.45, 7) is 6.83. The second kappa shape index (κ2) is 6.79. The highest BCUT2D eigenvalue weighted by molar-refractivity contribution is 6.20. The number of carbonyl (C=O) groups excluding carboxylic acids is 3. The molecule has 9 nitrogen and oxygen atoms in total. The number of imide groups is 1. The van der Waals surface area contributed by atoms with Crippen LogP contribution in [0.3, 0.4) is 0 Å². The molecule has 30 heavy (non-hydrogen) atoms. The lowest BCUT2D eigenvalue weighted by Gasteiger charge is -2.35. The molecule has 1 saturated heterocycles. The molecule has 4 rings (SSSR count). The number of methoxy groups -OCH3 is 1. The molecule has 156 valence electrons. The van der Waals surface area contributed by atoms with Crippen LogP contribution in [0.2, 0.25) is 0 Å². The first-order valence-corrected chi connectivity index (χ1v) is 9.65. The van der Waals surface area contributed by atoms with Crippen LogP contribution < -0.4 is 9.30 Å². The number of rotatable bonds is 4. The second-order valence-corrected chi connectivity index (χ2v) is 7.70. The van der Waals surface area contributed by atoms with E-state index >= 15 is 0 Å². The van der Waals surface area contributed by atoms with Gasteiger partial charge in [0.15, 0.2) is 11.5 Å². The molecule has 2 aliphatic heterocycles. The van der Waals surface area contributed by atoms with Gasteiger partial charge >= 0.3 is 12.0 Å². The number of aryl methyl sites for hydroxylation is 2. The van der Waals surface area contributed by atoms with E-state index in [1.165, 1.54) is 11.8 Å². The first-order chi connectivity index (χ1) is 14.2. The van der Waals surface area contributed by atoms with E-state index in [1.54, 1.807) is 25.6 Å². The van der Waals surface area contributed by atoms with Gasteiger partial charge < -0.3 is 4.74 Å². The lowest BCUT2D eigenvalue weighted by atomic mass is 10.1. The van der Waals surface area contributed by atoms with Gasteiger partial charge in [0.1, 0.15) is 17.6 Å². The van der Waals surface area contributed by atoms with Crippen LogP contribution >= 0.6 is 0 Å². The summed E-state index contributed by atoms with van der Waals surface area (Å²) in [4.78, 5) is 45.0. The summed E-state index contributed by atoms with van der Waals surface area (Å²) < 4.78 is 9.19. The number of amides is 3. The Kier molecular flexibility index (Phi) is 4.48. The third-order valence-corrected chi connectivity index (χ3v) is 5.71. The van der Waals surface area contributed by atoms with Crippen LogP contribution in [0.1, 0.15) is 31.1 Å². The van der Waals surface area contributed by atoms with Crippen molar-refractivity contribution in [2.75, 3.05) is 14.2 Å². The molecule has 3 heterocycles. The van der Waals surface area contributed by atoms with E-state index in [2.05, 4.69) is 4.99 Å². The van der Waals surface area contributed by atoms with Crippen LogP contribution in [-0.4, -0.2) is 58.1 Å². The number of carbonyl (C=O) groups is 3. The molecule has 9 heteroatoms. The molecule has 2 aliphatic rings. The Balaban J connectivity index is 1.89. The van der Waals surface area contributed by atoms with Crippen LogP contribution in [-0.2, 0) is 9.59 Å². The minimum atomic E-state index is -0.848. The SMILES string of the molecule is COc1ccc(C)cc1-n1c(C)c[n+]2c1N=C1C2C(=O)N(C(C)C(C)=O)C(=O)N1C. The van der Waals surface area contributed by atoms with Crippen molar-refractivity contribution in [1.29, 1.82) is 0 Å². The quantitative estimate of drug-likeness (QED) is 0.720. The molecule has 1 aromatic carbocycles. The van der Waals surface area contributed by atoms with Crippen molar-refractivity contribution in [2.45, 2.75) is 39.8 Å². The van der Waals surface area contributed by atoms with Crippen molar-refractivity contribution < 1.29 is 23.7 Å². The number of urea groups is 1. The highest BCUT2D eigenvalue weighted by Crippen LogP contribution is 2.34. The molecule has 0 N–H and O–H groups in total. The van der Waals surface area contributed by atoms with Gasteiger partial charge in [-0.05, 0) is 45.4 Å². The van der Waals surface area contributed by atoms with Crippen LogP contribution in [0.15, 0.2) is 29.4 Å². The summed E-state index contributed by atoms with van der Waals surface area (Å²) in [5.41, 5.74) is 2.70. The van der Waals surface area contributed by atoms with Gasteiger partial charge in [-0.25, -0.2) is 14.3 Å². The monoisotopic (exact) mass is 410 g/mol. The zero-order valence-electron chi connectivity index (χ0n) is 17.8. The summed E-state index contributed by atoms with van der Waals surface area (Å²) in [5.74, 6) is 0.804. The molecule has 3 amide bonds. The molecule has 2 aromatic rings. The van der Waals surface area contributed by atoms with Gasteiger partial charge in [-0.3, -0.25) is 14.5 Å². The molecule has 1 fully saturated rings. The van der Waals surface area contributed by atoms with Crippen LogP contribution in [0.5, 0.6) is 5.75 Å². The standard InChI is InChI=1S/C21H24N5O4/c1-11-7-8-16(30-6)15(9-11)25-12(2)10-24-17-18(22-20(24)25)23(5)21(29)26(19(17)28)13(3)14(4)27/h7-10,13,17H,1-6H3/q+1. The molecule has 2 unspecified atom stereocenters. The average Bonchev–Trinajstić information content (AvgIpc) is 3.20. The van der Waals surface area contributed by atoms with Crippen LogP contribution in [0.25, 0.3) is 5.69 Å². The topological polar surface area (TPSA) is 88.1 Å². The molecule has 0 spiro atoms. The Hall–Kier alpha value is -3.49. The third-order valence-electron chi connectivity index (χ3n) is 5.71. The number of aliphatic imine (C=N–C) groups is 1. The predicted molar refractivity (Wildman–Crippen MR) is 108 cm³/mol.